The number of amides is 1. The lowest BCUT2D eigenvalue weighted by molar-refractivity contribution is -0.153. The summed E-state index contributed by atoms with van der Waals surface area (Å²) in [6.45, 7) is 0.503. The number of carbonyl (C=O) groups is 4. The number of fused-ring (bicyclic) bond motifs is 1. The molecule has 1 N–H and O–H groups in total. The van der Waals surface area contributed by atoms with Gasteiger partial charge in [0.1, 0.15) is 11.3 Å². The van der Waals surface area contributed by atoms with Gasteiger partial charge in [0.05, 0.1) is 6.42 Å². The van der Waals surface area contributed by atoms with Crippen LogP contribution in [0.4, 0.5) is 8.78 Å². The molecule has 1 amide bonds. The summed E-state index contributed by atoms with van der Waals surface area (Å²) in [4.78, 5) is 48.7. The van der Waals surface area contributed by atoms with Gasteiger partial charge >= 0.3 is 25.0 Å². The number of rotatable bonds is 10. The molecule has 1 heterocycles. The molecule has 0 bridgehead atoms. The van der Waals surface area contributed by atoms with Gasteiger partial charge in [0.15, 0.2) is 0 Å². The molecule has 0 aromatic heterocycles. The highest BCUT2D eigenvalue weighted by molar-refractivity contribution is 6.47. The largest absolute Gasteiger partial charge is 0.535 e. The summed E-state index contributed by atoms with van der Waals surface area (Å²) >= 11 is 0. The summed E-state index contributed by atoms with van der Waals surface area (Å²) in [5, 5.41) is 10.2. The molecule has 1 aliphatic heterocycles. The van der Waals surface area contributed by atoms with Crippen LogP contribution in [-0.4, -0.2) is 67.5 Å². The summed E-state index contributed by atoms with van der Waals surface area (Å²) in [5.41, 5.74) is 0.376. The Morgan fingerprint density at radius 2 is 1.91 bits per heavy atom. The van der Waals surface area contributed by atoms with Crippen molar-refractivity contribution in [3.05, 3.63) is 29.3 Å². The molecule has 9 nitrogen and oxygen atoms in total. The van der Waals surface area contributed by atoms with Gasteiger partial charge in [0, 0.05) is 39.2 Å². The molecule has 1 aromatic rings. The molecule has 0 saturated heterocycles. The van der Waals surface area contributed by atoms with E-state index in [9.17, 15) is 33.0 Å². The zero-order valence-corrected chi connectivity index (χ0v) is 18.6. The van der Waals surface area contributed by atoms with Gasteiger partial charge < -0.3 is 24.1 Å². The van der Waals surface area contributed by atoms with Gasteiger partial charge in [-0.3, -0.25) is 14.4 Å². The first kappa shape index (κ1) is 26.2. The van der Waals surface area contributed by atoms with Gasteiger partial charge in [-0.25, -0.2) is 4.79 Å². The summed E-state index contributed by atoms with van der Waals surface area (Å²) < 4.78 is 42.3. The van der Waals surface area contributed by atoms with Crippen LogP contribution in [-0.2, 0) is 30.3 Å². The molecular weight excluding hydrogens is 443 g/mol. The Morgan fingerprint density at radius 3 is 2.55 bits per heavy atom. The Balaban J connectivity index is 1.96. The number of para-hydroxylation sites is 1. The lowest BCUT2D eigenvalue weighted by atomic mass is 9.64. The smallest absolute Gasteiger partial charge is 0.526 e. The molecule has 12 heteroatoms. The normalized spacial score (nSPS) is 15.2. The van der Waals surface area contributed by atoms with Crippen molar-refractivity contribution in [1.29, 1.82) is 0 Å². The minimum absolute atomic E-state index is 0.00357. The Labute approximate surface area is 190 Å². The molecule has 2 rings (SSSR count). The van der Waals surface area contributed by atoms with E-state index < -0.39 is 56.2 Å². The highest BCUT2D eigenvalue weighted by Crippen LogP contribution is 2.38. The number of nitrogens with zero attached hydrogens (tertiary/aromatic N) is 1. The van der Waals surface area contributed by atoms with Gasteiger partial charge in [-0.1, -0.05) is 19.1 Å². The molecule has 0 aliphatic carbocycles. The topological polar surface area (TPSA) is 119 Å². The number of hydrogen-bond acceptors (Lipinski definition) is 8. The summed E-state index contributed by atoms with van der Waals surface area (Å²) in [6.07, 6.45) is -1.41. The molecule has 0 radical (unpaired) electrons. The van der Waals surface area contributed by atoms with E-state index in [0.717, 1.165) is 0 Å². The number of ketones is 1. The minimum Gasteiger partial charge on any atom is -0.535 e. The molecule has 0 fully saturated rings. The van der Waals surface area contributed by atoms with E-state index in [4.69, 9.17) is 14.1 Å². The van der Waals surface area contributed by atoms with Crippen LogP contribution in [0, 0.1) is 0 Å². The maximum atomic E-state index is 13.6. The fraction of sp³-hybridized carbons (Fsp3) is 0.524. The van der Waals surface area contributed by atoms with E-state index >= 15 is 0 Å². The van der Waals surface area contributed by atoms with Crippen molar-refractivity contribution in [2.45, 2.75) is 50.8 Å². The lowest BCUT2D eigenvalue weighted by Gasteiger charge is -2.29. The van der Waals surface area contributed by atoms with Crippen molar-refractivity contribution in [2.24, 2.45) is 0 Å². The number of halogens is 2. The van der Waals surface area contributed by atoms with Crippen LogP contribution in [0.2, 0.25) is 5.82 Å². The van der Waals surface area contributed by atoms with Crippen LogP contribution < -0.4 is 4.65 Å². The average Bonchev–Trinajstić information content (AvgIpc) is 2.77. The van der Waals surface area contributed by atoms with E-state index in [0.29, 0.717) is 5.56 Å². The van der Waals surface area contributed by atoms with E-state index in [1.54, 1.807) is 20.2 Å². The molecule has 1 aromatic carbocycles. The lowest BCUT2D eigenvalue weighted by Crippen LogP contribution is -2.38. The van der Waals surface area contributed by atoms with Crippen molar-refractivity contribution in [3.8, 4) is 5.75 Å². The number of esters is 2. The first-order valence-electron chi connectivity index (χ1n) is 10.4. The van der Waals surface area contributed by atoms with Crippen LogP contribution in [0.25, 0.3) is 0 Å². The van der Waals surface area contributed by atoms with Gasteiger partial charge in [-0.05, 0) is 18.1 Å². The number of Topliss-reactive ketones (excluding diaryl/α,β-unsaturated/α-hetero) is 1. The first-order chi connectivity index (χ1) is 15.5. The van der Waals surface area contributed by atoms with Crippen LogP contribution >= 0.6 is 0 Å². The molecule has 0 saturated carbocycles. The summed E-state index contributed by atoms with van der Waals surface area (Å²) in [5.74, 6) is -7.55. The second-order valence-electron chi connectivity index (χ2n) is 7.81. The third-order valence-electron chi connectivity index (χ3n) is 5.19. The molecular formula is C21H26BF2NO8. The number of alkyl halides is 2. The highest BCUT2D eigenvalue weighted by atomic mass is 19.3. The summed E-state index contributed by atoms with van der Waals surface area (Å²) in [6, 6.07) is 4.45. The fourth-order valence-corrected chi connectivity index (χ4v) is 3.13. The van der Waals surface area contributed by atoms with Gasteiger partial charge in [-0.2, -0.15) is 8.78 Å². The Morgan fingerprint density at radius 1 is 1.21 bits per heavy atom. The quantitative estimate of drug-likeness (QED) is 0.314. The molecule has 1 aliphatic rings. The fourth-order valence-electron chi connectivity index (χ4n) is 3.13. The van der Waals surface area contributed by atoms with Crippen molar-refractivity contribution in [1.82, 2.24) is 4.90 Å². The van der Waals surface area contributed by atoms with E-state index in [1.807, 2.05) is 0 Å². The minimum atomic E-state index is -3.48. The Bertz CT molecular complexity index is 908. The third kappa shape index (κ3) is 6.98. The maximum absolute atomic E-state index is 13.6. The second-order valence-corrected chi connectivity index (χ2v) is 7.81. The number of hydrogen-bond donors (Lipinski definition) is 1. The Kier molecular flexibility index (Phi) is 8.92. The molecule has 0 unspecified atom stereocenters. The third-order valence-corrected chi connectivity index (χ3v) is 5.19. The first-order valence-corrected chi connectivity index (χ1v) is 10.4. The predicted molar refractivity (Wildman–Crippen MR) is 112 cm³/mol. The average molecular weight is 469 g/mol. The standard InChI is InChI=1S/C21H26BF2NO8/c1-4-21(23,24)16(26)11-14-10-13-6-5-7-15(19(13)33-22(14)30)20(29)32-12-31-18(28)9-8-17(27)25(2)3/h5-7,14,30H,4,8-12H2,1-3H3/t14-/m1/s1. The van der Waals surface area contributed by atoms with Gasteiger partial charge in [0.25, 0.3) is 0 Å². The highest BCUT2D eigenvalue weighted by Gasteiger charge is 2.43. The zero-order valence-electron chi connectivity index (χ0n) is 18.6. The molecule has 0 spiro atoms. The number of ether oxygens (including phenoxy) is 2. The van der Waals surface area contributed by atoms with Crippen molar-refractivity contribution >= 4 is 30.7 Å². The van der Waals surface area contributed by atoms with Crippen LogP contribution in [0.3, 0.4) is 0 Å². The monoisotopic (exact) mass is 469 g/mol. The van der Waals surface area contributed by atoms with Crippen molar-refractivity contribution in [2.75, 3.05) is 20.9 Å². The van der Waals surface area contributed by atoms with Crippen LogP contribution in [0.15, 0.2) is 18.2 Å². The molecule has 180 valence electrons. The van der Waals surface area contributed by atoms with Crippen molar-refractivity contribution in [3.63, 3.8) is 0 Å². The summed E-state index contributed by atoms with van der Waals surface area (Å²) in [7, 11) is 1.53. The van der Waals surface area contributed by atoms with Crippen molar-refractivity contribution < 1.29 is 47.1 Å². The van der Waals surface area contributed by atoms with Crippen LogP contribution in [0.1, 0.15) is 48.5 Å². The number of carbonyl (C=O) groups excluding carboxylic acids is 4. The van der Waals surface area contributed by atoms with E-state index in [1.165, 1.54) is 24.0 Å². The zero-order chi connectivity index (χ0) is 24.8. The Hall–Kier alpha value is -3.02. The van der Waals surface area contributed by atoms with E-state index in [2.05, 4.69) is 0 Å². The number of benzene rings is 1. The van der Waals surface area contributed by atoms with E-state index in [-0.39, 0.29) is 36.5 Å². The van der Waals surface area contributed by atoms with Crippen LogP contribution in [0.5, 0.6) is 5.75 Å². The molecule has 33 heavy (non-hydrogen) atoms. The van der Waals surface area contributed by atoms with Gasteiger partial charge in [0.2, 0.25) is 18.5 Å². The molecule has 1 atom stereocenters. The maximum Gasteiger partial charge on any atom is 0.526 e. The second kappa shape index (κ2) is 11.2. The predicted octanol–water partition coefficient (Wildman–Crippen LogP) is 2.00. The SMILES string of the molecule is CCC(F)(F)C(=O)C[C@H]1Cc2cccc(C(=O)OCOC(=O)CCC(=O)N(C)C)c2OB1O. The van der Waals surface area contributed by atoms with Gasteiger partial charge in [-0.15, -0.1) is 0 Å².